The van der Waals surface area contributed by atoms with E-state index in [2.05, 4.69) is 48.5 Å². The van der Waals surface area contributed by atoms with E-state index < -0.39 is 0 Å². The molecule has 2 rings (SSSR count). The molecular formula is C14H20N2S. The van der Waals surface area contributed by atoms with Gasteiger partial charge in [-0.3, -0.25) is 0 Å². The molecule has 1 unspecified atom stereocenters. The van der Waals surface area contributed by atoms with Gasteiger partial charge in [-0.25, -0.2) is 0 Å². The SMILES string of the molecule is CCCCC(C)n1c(=S)[nH]c2c(C)cccc21. The van der Waals surface area contributed by atoms with Crippen molar-refractivity contribution in [1.29, 1.82) is 0 Å². The summed E-state index contributed by atoms with van der Waals surface area (Å²) in [5.41, 5.74) is 3.68. The number of nitrogens with zero attached hydrogens (tertiary/aromatic N) is 1. The average Bonchev–Trinajstić information content (AvgIpc) is 2.64. The summed E-state index contributed by atoms with van der Waals surface area (Å²) >= 11 is 5.45. The first-order chi connectivity index (χ1) is 8.15. The van der Waals surface area contributed by atoms with Crippen molar-refractivity contribution in [1.82, 2.24) is 9.55 Å². The van der Waals surface area contributed by atoms with E-state index in [9.17, 15) is 0 Å². The quantitative estimate of drug-likeness (QED) is 0.774. The van der Waals surface area contributed by atoms with Gasteiger partial charge in [0.1, 0.15) is 0 Å². The number of aryl methyl sites for hydroxylation is 1. The summed E-state index contributed by atoms with van der Waals surface area (Å²) in [5.74, 6) is 0. The Morgan fingerprint density at radius 2 is 2.18 bits per heavy atom. The van der Waals surface area contributed by atoms with Crippen LogP contribution in [0, 0.1) is 11.7 Å². The Morgan fingerprint density at radius 3 is 2.88 bits per heavy atom. The van der Waals surface area contributed by atoms with Gasteiger partial charge in [0.25, 0.3) is 0 Å². The van der Waals surface area contributed by atoms with E-state index in [-0.39, 0.29) is 0 Å². The fourth-order valence-electron chi connectivity index (χ4n) is 2.36. The molecule has 0 aliphatic carbocycles. The molecule has 1 atom stereocenters. The summed E-state index contributed by atoms with van der Waals surface area (Å²) in [4.78, 5) is 3.33. The minimum Gasteiger partial charge on any atom is -0.330 e. The minimum absolute atomic E-state index is 0.470. The van der Waals surface area contributed by atoms with Crippen molar-refractivity contribution in [3.05, 3.63) is 28.5 Å². The maximum atomic E-state index is 5.45. The number of H-pyrrole nitrogens is 1. The normalized spacial score (nSPS) is 13.1. The molecule has 2 nitrogen and oxygen atoms in total. The topological polar surface area (TPSA) is 20.7 Å². The highest BCUT2D eigenvalue weighted by molar-refractivity contribution is 7.71. The van der Waals surface area contributed by atoms with E-state index in [0.717, 1.165) is 4.77 Å². The Balaban J connectivity index is 2.50. The highest BCUT2D eigenvalue weighted by Gasteiger charge is 2.11. The van der Waals surface area contributed by atoms with E-state index in [1.807, 2.05) is 0 Å². The Hall–Kier alpha value is -1.09. The Morgan fingerprint density at radius 1 is 1.41 bits per heavy atom. The summed E-state index contributed by atoms with van der Waals surface area (Å²) < 4.78 is 3.10. The molecule has 17 heavy (non-hydrogen) atoms. The van der Waals surface area contributed by atoms with Crippen molar-refractivity contribution in [3.8, 4) is 0 Å². The van der Waals surface area contributed by atoms with Crippen LogP contribution in [0.25, 0.3) is 11.0 Å². The Bertz CT molecular complexity index is 565. The van der Waals surface area contributed by atoms with Crippen molar-refractivity contribution in [2.75, 3.05) is 0 Å². The molecule has 1 heterocycles. The summed E-state index contributed by atoms with van der Waals surface area (Å²) in [6, 6.07) is 6.84. The average molecular weight is 248 g/mol. The van der Waals surface area contributed by atoms with E-state index >= 15 is 0 Å². The molecule has 2 aromatic rings. The second kappa shape index (κ2) is 5.05. The van der Waals surface area contributed by atoms with Gasteiger partial charge in [0.15, 0.2) is 4.77 Å². The molecule has 1 N–H and O–H groups in total. The molecule has 0 spiro atoms. The maximum Gasteiger partial charge on any atom is 0.178 e. The lowest BCUT2D eigenvalue weighted by atomic mass is 10.1. The summed E-state index contributed by atoms with van der Waals surface area (Å²) in [6.45, 7) is 6.60. The standard InChI is InChI=1S/C14H20N2S/c1-4-5-8-11(3)16-12-9-6-7-10(2)13(12)15-14(16)17/h6-7,9,11H,4-5,8H2,1-3H3,(H,15,17). The third-order valence-corrected chi connectivity index (χ3v) is 3.68. The number of nitrogens with one attached hydrogen (secondary N) is 1. The van der Waals surface area contributed by atoms with Crippen molar-refractivity contribution >= 4 is 23.3 Å². The van der Waals surface area contributed by atoms with Crippen LogP contribution in [0.15, 0.2) is 18.2 Å². The molecule has 0 amide bonds. The predicted octanol–water partition coefficient (Wildman–Crippen LogP) is 4.76. The monoisotopic (exact) mass is 248 g/mol. The van der Waals surface area contributed by atoms with Crippen LogP contribution >= 0.6 is 12.2 Å². The van der Waals surface area contributed by atoms with Crippen LogP contribution in [0.1, 0.15) is 44.7 Å². The first-order valence-electron chi connectivity index (χ1n) is 6.35. The largest absolute Gasteiger partial charge is 0.330 e. The third kappa shape index (κ3) is 2.29. The molecule has 0 bridgehead atoms. The number of rotatable bonds is 4. The van der Waals surface area contributed by atoms with Gasteiger partial charge in [0, 0.05) is 6.04 Å². The number of aromatic amines is 1. The second-order valence-corrected chi connectivity index (χ2v) is 5.15. The van der Waals surface area contributed by atoms with Gasteiger partial charge in [-0.05, 0) is 44.1 Å². The molecule has 92 valence electrons. The van der Waals surface area contributed by atoms with Crippen LogP contribution in [-0.2, 0) is 0 Å². The summed E-state index contributed by atoms with van der Waals surface area (Å²) in [7, 11) is 0. The minimum atomic E-state index is 0.470. The third-order valence-electron chi connectivity index (χ3n) is 3.38. The molecule has 1 aromatic heterocycles. The van der Waals surface area contributed by atoms with Crippen molar-refractivity contribution in [2.24, 2.45) is 0 Å². The lowest BCUT2D eigenvalue weighted by Crippen LogP contribution is -2.04. The number of hydrogen-bond acceptors (Lipinski definition) is 1. The van der Waals surface area contributed by atoms with Gasteiger partial charge in [0.05, 0.1) is 11.0 Å². The molecule has 0 radical (unpaired) electrons. The van der Waals surface area contributed by atoms with Gasteiger partial charge in [-0.2, -0.15) is 0 Å². The lowest BCUT2D eigenvalue weighted by Gasteiger charge is -2.14. The zero-order valence-corrected chi connectivity index (χ0v) is 11.6. The van der Waals surface area contributed by atoms with Crippen molar-refractivity contribution in [3.63, 3.8) is 0 Å². The number of hydrogen-bond donors (Lipinski definition) is 1. The zero-order chi connectivity index (χ0) is 12.4. The van der Waals surface area contributed by atoms with Gasteiger partial charge >= 0.3 is 0 Å². The van der Waals surface area contributed by atoms with Crippen LogP contribution in [-0.4, -0.2) is 9.55 Å². The van der Waals surface area contributed by atoms with E-state index in [1.165, 1.54) is 35.9 Å². The molecule has 0 saturated carbocycles. The van der Waals surface area contributed by atoms with E-state index in [1.54, 1.807) is 0 Å². The van der Waals surface area contributed by atoms with Crippen LogP contribution in [0.3, 0.4) is 0 Å². The van der Waals surface area contributed by atoms with Gasteiger partial charge in [-0.1, -0.05) is 31.9 Å². The predicted molar refractivity (Wildman–Crippen MR) is 76.1 cm³/mol. The lowest BCUT2D eigenvalue weighted by molar-refractivity contribution is 0.491. The maximum absolute atomic E-state index is 5.45. The number of imidazole rings is 1. The molecule has 1 aromatic carbocycles. The van der Waals surface area contributed by atoms with Gasteiger partial charge < -0.3 is 9.55 Å². The van der Waals surface area contributed by atoms with Gasteiger partial charge in [-0.15, -0.1) is 0 Å². The molecule has 0 saturated heterocycles. The Labute approximate surface area is 108 Å². The smallest absolute Gasteiger partial charge is 0.178 e. The zero-order valence-electron chi connectivity index (χ0n) is 10.8. The molecule has 3 heteroatoms. The number of para-hydroxylation sites is 1. The number of benzene rings is 1. The summed E-state index contributed by atoms with van der Waals surface area (Å²) in [5, 5.41) is 0. The Kier molecular flexibility index (Phi) is 3.67. The van der Waals surface area contributed by atoms with E-state index in [4.69, 9.17) is 12.2 Å². The number of aromatic nitrogens is 2. The van der Waals surface area contributed by atoms with Crippen molar-refractivity contribution < 1.29 is 0 Å². The first-order valence-corrected chi connectivity index (χ1v) is 6.75. The highest BCUT2D eigenvalue weighted by atomic mass is 32.1. The van der Waals surface area contributed by atoms with Gasteiger partial charge in [0.2, 0.25) is 0 Å². The molecule has 0 fully saturated rings. The number of unbranched alkanes of at least 4 members (excludes halogenated alkanes) is 1. The molecule has 0 aliphatic rings. The van der Waals surface area contributed by atoms with Crippen molar-refractivity contribution in [2.45, 2.75) is 46.1 Å². The van der Waals surface area contributed by atoms with Crippen LogP contribution in [0.5, 0.6) is 0 Å². The highest BCUT2D eigenvalue weighted by Crippen LogP contribution is 2.24. The molecule has 0 aliphatic heterocycles. The fraction of sp³-hybridized carbons (Fsp3) is 0.500. The van der Waals surface area contributed by atoms with Crippen LogP contribution in [0.2, 0.25) is 0 Å². The van der Waals surface area contributed by atoms with E-state index in [0.29, 0.717) is 6.04 Å². The van der Waals surface area contributed by atoms with Crippen LogP contribution in [0.4, 0.5) is 0 Å². The van der Waals surface area contributed by atoms with Crippen LogP contribution < -0.4 is 0 Å². The fourth-order valence-corrected chi connectivity index (χ4v) is 2.74. The summed E-state index contributed by atoms with van der Waals surface area (Å²) in [6.07, 6.45) is 3.67. The second-order valence-electron chi connectivity index (χ2n) is 4.76. The number of fused-ring (bicyclic) bond motifs is 1. The first kappa shape index (κ1) is 12.4. The molecular weight excluding hydrogens is 228 g/mol.